The highest BCUT2D eigenvalue weighted by atomic mass is 16.5. The molecule has 5 heteroatoms. The molecule has 0 radical (unpaired) electrons. The molecule has 0 amide bonds. The van der Waals surface area contributed by atoms with Gasteiger partial charge in [-0.25, -0.2) is 4.98 Å². The van der Waals surface area contributed by atoms with Gasteiger partial charge in [0.1, 0.15) is 0 Å². The second kappa shape index (κ2) is 4.22. The van der Waals surface area contributed by atoms with E-state index in [0.717, 1.165) is 12.1 Å². The molecule has 5 nitrogen and oxygen atoms in total. The van der Waals surface area contributed by atoms with Crippen LogP contribution in [-0.2, 0) is 6.54 Å². The topological polar surface area (TPSA) is 66.0 Å². The van der Waals surface area contributed by atoms with Crippen LogP contribution >= 0.6 is 0 Å². The van der Waals surface area contributed by atoms with Crippen LogP contribution in [0.4, 0.5) is 5.69 Å². The zero-order valence-corrected chi connectivity index (χ0v) is 9.34. The number of ether oxygens (including phenoxy) is 1. The van der Waals surface area contributed by atoms with Gasteiger partial charge >= 0.3 is 0 Å². The van der Waals surface area contributed by atoms with Gasteiger partial charge in [0.25, 0.3) is 0 Å². The second-order valence-electron chi connectivity index (χ2n) is 3.54. The molecule has 0 fully saturated rings. The molecule has 2 aromatic rings. The minimum absolute atomic E-state index is 0.418. The summed E-state index contributed by atoms with van der Waals surface area (Å²) in [6, 6.07) is 1.83. The molecule has 0 aliphatic carbocycles. The molecular weight excluding hydrogens is 204 g/mol. The molecule has 0 aromatic carbocycles. The van der Waals surface area contributed by atoms with Crippen LogP contribution in [0.3, 0.4) is 0 Å². The Balaban J connectivity index is 2.20. The smallest absolute Gasteiger partial charge is 0.242 e. The molecule has 0 bridgehead atoms. The minimum atomic E-state index is 0.418. The van der Waals surface area contributed by atoms with Crippen molar-refractivity contribution >= 4 is 5.69 Å². The van der Waals surface area contributed by atoms with Crippen LogP contribution in [0.2, 0.25) is 0 Å². The Morgan fingerprint density at radius 1 is 1.44 bits per heavy atom. The van der Waals surface area contributed by atoms with Gasteiger partial charge in [-0.15, -0.1) is 0 Å². The third-order valence-electron chi connectivity index (χ3n) is 2.16. The van der Waals surface area contributed by atoms with Gasteiger partial charge in [-0.1, -0.05) is 0 Å². The molecule has 2 N–H and O–H groups in total. The van der Waals surface area contributed by atoms with E-state index < -0.39 is 0 Å². The van der Waals surface area contributed by atoms with Gasteiger partial charge in [-0.2, -0.15) is 5.10 Å². The Morgan fingerprint density at radius 2 is 2.25 bits per heavy atom. The molecule has 2 aromatic heterocycles. The van der Waals surface area contributed by atoms with Crippen molar-refractivity contribution in [2.45, 2.75) is 20.4 Å². The fraction of sp³-hybridized carbons (Fsp3) is 0.273. The number of pyridine rings is 1. The van der Waals surface area contributed by atoms with Crippen molar-refractivity contribution in [2.24, 2.45) is 0 Å². The van der Waals surface area contributed by atoms with Gasteiger partial charge in [0.05, 0.1) is 18.1 Å². The zero-order chi connectivity index (χ0) is 11.5. The molecule has 0 unspecified atom stereocenters. The SMILES string of the molecule is CCn1cc(Oc2ncc(C)cc2N)cn1. The van der Waals surface area contributed by atoms with Crippen molar-refractivity contribution in [1.29, 1.82) is 0 Å². The summed E-state index contributed by atoms with van der Waals surface area (Å²) < 4.78 is 7.30. The second-order valence-corrected chi connectivity index (χ2v) is 3.54. The normalized spacial score (nSPS) is 10.4. The predicted octanol–water partition coefficient (Wildman–Crippen LogP) is 1.98. The first-order valence-corrected chi connectivity index (χ1v) is 5.11. The standard InChI is InChI=1S/C11H14N4O/c1-3-15-7-9(6-14-15)16-11-10(12)4-8(2)5-13-11/h4-7H,3,12H2,1-2H3. The molecule has 2 heterocycles. The van der Waals surface area contributed by atoms with E-state index in [4.69, 9.17) is 10.5 Å². The fourth-order valence-electron chi connectivity index (χ4n) is 1.35. The minimum Gasteiger partial charge on any atom is -0.434 e. The van der Waals surface area contributed by atoms with Crippen molar-refractivity contribution in [1.82, 2.24) is 14.8 Å². The summed E-state index contributed by atoms with van der Waals surface area (Å²) in [6.07, 6.45) is 5.17. The first-order valence-electron chi connectivity index (χ1n) is 5.11. The molecule has 2 rings (SSSR count). The summed E-state index contributed by atoms with van der Waals surface area (Å²) in [5.41, 5.74) is 7.33. The third-order valence-corrected chi connectivity index (χ3v) is 2.16. The lowest BCUT2D eigenvalue weighted by molar-refractivity contribution is 0.464. The quantitative estimate of drug-likeness (QED) is 0.855. The van der Waals surface area contributed by atoms with E-state index in [1.807, 2.05) is 19.9 Å². The summed E-state index contributed by atoms with van der Waals surface area (Å²) >= 11 is 0. The van der Waals surface area contributed by atoms with Crippen LogP contribution in [0.15, 0.2) is 24.7 Å². The van der Waals surface area contributed by atoms with Crippen molar-refractivity contribution in [2.75, 3.05) is 5.73 Å². The van der Waals surface area contributed by atoms with Crippen molar-refractivity contribution < 1.29 is 4.74 Å². The van der Waals surface area contributed by atoms with Gasteiger partial charge in [0, 0.05) is 12.7 Å². The maximum atomic E-state index is 5.79. The Bertz CT molecular complexity index is 492. The maximum absolute atomic E-state index is 5.79. The van der Waals surface area contributed by atoms with E-state index >= 15 is 0 Å². The number of nitrogens with two attached hydrogens (primary N) is 1. The lowest BCUT2D eigenvalue weighted by Gasteiger charge is -2.05. The molecule has 0 saturated heterocycles. The number of nitrogens with zero attached hydrogens (tertiary/aromatic N) is 3. The predicted molar refractivity (Wildman–Crippen MR) is 61.4 cm³/mol. The molecule has 0 spiro atoms. The van der Waals surface area contributed by atoms with Crippen molar-refractivity contribution in [3.63, 3.8) is 0 Å². The first-order chi connectivity index (χ1) is 7.69. The number of aryl methyl sites for hydroxylation is 2. The van der Waals surface area contributed by atoms with Crippen LogP contribution in [0.1, 0.15) is 12.5 Å². The van der Waals surface area contributed by atoms with E-state index in [9.17, 15) is 0 Å². The summed E-state index contributed by atoms with van der Waals surface area (Å²) in [6.45, 7) is 4.75. The van der Waals surface area contributed by atoms with Gasteiger partial charge in [0.2, 0.25) is 5.88 Å². The molecular formula is C11H14N4O. The van der Waals surface area contributed by atoms with Crippen molar-refractivity contribution in [3.05, 3.63) is 30.2 Å². The van der Waals surface area contributed by atoms with E-state index in [0.29, 0.717) is 17.3 Å². The molecule has 0 atom stereocenters. The van der Waals surface area contributed by atoms with Gasteiger partial charge in [-0.3, -0.25) is 4.68 Å². The van der Waals surface area contributed by atoms with E-state index in [-0.39, 0.29) is 0 Å². The zero-order valence-electron chi connectivity index (χ0n) is 9.34. The van der Waals surface area contributed by atoms with E-state index in [1.165, 1.54) is 0 Å². The molecule has 16 heavy (non-hydrogen) atoms. The third kappa shape index (κ3) is 2.13. The van der Waals surface area contributed by atoms with Gasteiger partial charge in [-0.05, 0) is 25.5 Å². The van der Waals surface area contributed by atoms with Crippen molar-refractivity contribution in [3.8, 4) is 11.6 Å². The van der Waals surface area contributed by atoms with Gasteiger partial charge in [0.15, 0.2) is 5.75 Å². The van der Waals surface area contributed by atoms with Gasteiger partial charge < -0.3 is 10.5 Å². The summed E-state index contributed by atoms with van der Waals surface area (Å²) in [7, 11) is 0. The van der Waals surface area contributed by atoms with E-state index in [1.54, 1.807) is 23.3 Å². The summed E-state index contributed by atoms with van der Waals surface area (Å²) in [4.78, 5) is 4.12. The van der Waals surface area contributed by atoms with E-state index in [2.05, 4.69) is 10.1 Å². The van der Waals surface area contributed by atoms with Crippen LogP contribution in [0.25, 0.3) is 0 Å². The fourth-order valence-corrected chi connectivity index (χ4v) is 1.35. The lowest BCUT2D eigenvalue weighted by Crippen LogP contribution is -1.95. The number of rotatable bonds is 3. The van der Waals surface area contributed by atoms with Crippen LogP contribution in [0.5, 0.6) is 11.6 Å². The largest absolute Gasteiger partial charge is 0.434 e. The van der Waals surface area contributed by atoms with Crippen LogP contribution in [0, 0.1) is 6.92 Å². The summed E-state index contributed by atoms with van der Waals surface area (Å²) in [5.74, 6) is 1.06. The highest BCUT2D eigenvalue weighted by Crippen LogP contribution is 2.24. The Kier molecular flexibility index (Phi) is 2.76. The number of anilines is 1. The monoisotopic (exact) mass is 218 g/mol. The highest BCUT2D eigenvalue weighted by molar-refractivity contribution is 5.50. The lowest BCUT2D eigenvalue weighted by atomic mass is 10.3. The highest BCUT2D eigenvalue weighted by Gasteiger charge is 2.05. The Hall–Kier alpha value is -2.04. The average molecular weight is 218 g/mol. The first kappa shape index (κ1) is 10.5. The molecule has 0 saturated carbocycles. The molecule has 0 aliphatic heterocycles. The van der Waals surface area contributed by atoms with Crippen LogP contribution < -0.4 is 10.5 Å². The number of aromatic nitrogens is 3. The number of hydrogen-bond acceptors (Lipinski definition) is 4. The Labute approximate surface area is 93.9 Å². The van der Waals surface area contributed by atoms with Crippen LogP contribution in [-0.4, -0.2) is 14.8 Å². The molecule has 0 aliphatic rings. The maximum Gasteiger partial charge on any atom is 0.242 e. The number of nitrogen functional groups attached to an aromatic ring is 1. The Morgan fingerprint density at radius 3 is 2.88 bits per heavy atom. The molecule has 84 valence electrons. The number of hydrogen-bond donors (Lipinski definition) is 1. The summed E-state index contributed by atoms with van der Waals surface area (Å²) in [5, 5.41) is 4.10. The average Bonchev–Trinajstić information content (AvgIpc) is 2.70.